The summed E-state index contributed by atoms with van der Waals surface area (Å²) >= 11 is 6.28. The Bertz CT molecular complexity index is 1270. The van der Waals surface area contributed by atoms with Gasteiger partial charge < -0.3 is 4.42 Å². The van der Waals surface area contributed by atoms with E-state index in [1.165, 1.54) is 12.1 Å². The van der Waals surface area contributed by atoms with E-state index in [9.17, 15) is 8.42 Å². The van der Waals surface area contributed by atoms with Crippen molar-refractivity contribution in [2.75, 3.05) is 4.72 Å². The fourth-order valence-electron chi connectivity index (χ4n) is 3.10. The molecule has 0 saturated carbocycles. The van der Waals surface area contributed by atoms with E-state index in [0.29, 0.717) is 28.7 Å². The van der Waals surface area contributed by atoms with Crippen LogP contribution in [0.4, 0.5) is 5.82 Å². The molecule has 0 fully saturated rings. The van der Waals surface area contributed by atoms with Crippen LogP contribution < -0.4 is 4.72 Å². The third-order valence-electron chi connectivity index (χ3n) is 4.67. The number of nitrogens with one attached hydrogen (secondary N) is 1. The first-order valence-corrected chi connectivity index (χ1v) is 11.2. The van der Waals surface area contributed by atoms with E-state index in [-0.39, 0.29) is 10.7 Å². The maximum absolute atomic E-state index is 12.9. The van der Waals surface area contributed by atoms with Gasteiger partial charge in [0.15, 0.2) is 11.6 Å². The molecular weight excluding hydrogens is 420 g/mol. The molecule has 3 aromatic carbocycles. The van der Waals surface area contributed by atoms with Gasteiger partial charge in [-0.3, -0.25) is 4.72 Å². The quantitative estimate of drug-likeness (QED) is 0.419. The van der Waals surface area contributed by atoms with Crippen molar-refractivity contribution in [3.8, 4) is 11.3 Å². The Kier molecular flexibility index (Phi) is 5.61. The van der Waals surface area contributed by atoms with Gasteiger partial charge in [0, 0.05) is 17.0 Å². The summed E-state index contributed by atoms with van der Waals surface area (Å²) in [6, 6.07) is 23.2. The second kappa shape index (κ2) is 8.34. The highest BCUT2D eigenvalue weighted by Crippen LogP contribution is 2.35. The normalized spacial score (nSPS) is 11.4. The molecular formula is C23H19ClN2O3S. The van der Waals surface area contributed by atoms with E-state index in [4.69, 9.17) is 16.0 Å². The summed E-state index contributed by atoms with van der Waals surface area (Å²) in [5, 5.41) is 0.561. The Morgan fingerprint density at radius 1 is 0.933 bits per heavy atom. The monoisotopic (exact) mass is 438 g/mol. The zero-order valence-electron chi connectivity index (χ0n) is 16.2. The molecule has 4 rings (SSSR count). The van der Waals surface area contributed by atoms with Crippen molar-refractivity contribution in [1.29, 1.82) is 0 Å². The van der Waals surface area contributed by atoms with Gasteiger partial charge in [-0.2, -0.15) is 4.98 Å². The lowest BCUT2D eigenvalue weighted by atomic mass is 10.1. The Morgan fingerprint density at radius 2 is 1.60 bits per heavy atom. The molecule has 1 heterocycles. The van der Waals surface area contributed by atoms with Gasteiger partial charge in [-0.25, -0.2) is 8.42 Å². The van der Waals surface area contributed by atoms with Crippen molar-refractivity contribution in [2.24, 2.45) is 0 Å². The number of anilines is 1. The number of halogens is 1. The molecule has 1 aromatic heterocycles. The van der Waals surface area contributed by atoms with Gasteiger partial charge in [0.25, 0.3) is 10.0 Å². The molecule has 0 saturated heterocycles. The Morgan fingerprint density at radius 3 is 2.30 bits per heavy atom. The maximum Gasteiger partial charge on any atom is 0.263 e. The molecule has 0 atom stereocenters. The van der Waals surface area contributed by atoms with Crippen molar-refractivity contribution < 1.29 is 12.8 Å². The number of oxazole rings is 1. The molecule has 152 valence electrons. The van der Waals surface area contributed by atoms with Crippen LogP contribution in [-0.2, 0) is 16.4 Å². The van der Waals surface area contributed by atoms with Crippen LogP contribution in [0.2, 0.25) is 5.02 Å². The summed E-state index contributed by atoms with van der Waals surface area (Å²) in [5.41, 5.74) is 2.47. The summed E-state index contributed by atoms with van der Waals surface area (Å²) in [6.45, 7) is 1.85. The SMILES string of the molecule is Cc1c(Cl)cccc1-c1oc(Cc2ccccc2)nc1NS(=O)(=O)c1ccccc1. The number of sulfonamides is 1. The van der Waals surface area contributed by atoms with Crippen LogP contribution >= 0.6 is 11.6 Å². The predicted molar refractivity (Wildman–Crippen MR) is 118 cm³/mol. The lowest BCUT2D eigenvalue weighted by molar-refractivity contribution is 0.519. The highest BCUT2D eigenvalue weighted by Gasteiger charge is 2.23. The van der Waals surface area contributed by atoms with Gasteiger partial charge in [0.2, 0.25) is 5.89 Å². The fraction of sp³-hybridized carbons (Fsp3) is 0.0870. The van der Waals surface area contributed by atoms with E-state index >= 15 is 0 Å². The van der Waals surface area contributed by atoms with Crippen molar-refractivity contribution >= 4 is 27.4 Å². The van der Waals surface area contributed by atoms with E-state index < -0.39 is 10.0 Å². The van der Waals surface area contributed by atoms with E-state index in [1.54, 1.807) is 30.3 Å². The summed E-state index contributed by atoms with van der Waals surface area (Å²) in [6.07, 6.45) is 0.431. The molecule has 0 aliphatic heterocycles. The average molecular weight is 439 g/mol. The van der Waals surface area contributed by atoms with Crippen LogP contribution in [0.5, 0.6) is 0 Å². The largest absolute Gasteiger partial charge is 0.438 e. The maximum atomic E-state index is 12.9. The topological polar surface area (TPSA) is 72.2 Å². The van der Waals surface area contributed by atoms with Gasteiger partial charge in [-0.15, -0.1) is 0 Å². The molecule has 4 aromatic rings. The molecule has 0 unspecified atom stereocenters. The molecule has 0 radical (unpaired) electrons. The van der Waals surface area contributed by atoms with Gasteiger partial charge in [0.1, 0.15) is 0 Å². The minimum absolute atomic E-state index is 0.134. The van der Waals surface area contributed by atoms with Crippen LogP contribution in [0.1, 0.15) is 17.0 Å². The fourth-order valence-corrected chi connectivity index (χ4v) is 4.30. The lowest BCUT2D eigenvalue weighted by Crippen LogP contribution is -2.13. The Hall–Kier alpha value is -3.09. The minimum Gasteiger partial charge on any atom is -0.438 e. The minimum atomic E-state index is -3.83. The summed E-state index contributed by atoms with van der Waals surface area (Å²) in [4.78, 5) is 4.61. The van der Waals surface area contributed by atoms with Crippen LogP contribution in [0, 0.1) is 6.92 Å². The highest BCUT2D eigenvalue weighted by molar-refractivity contribution is 7.92. The standard InChI is InChI=1S/C23H19ClN2O3S/c1-16-19(13-8-14-20(16)24)22-23(26-30(27,28)18-11-6-3-7-12-18)25-21(29-22)15-17-9-4-2-5-10-17/h2-14,26H,15H2,1H3. The van der Waals surface area contributed by atoms with E-state index in [1.807, 2.05) is 43.3 Å². The van der Waals surface area contributed by atoms with Gasteiger partial charge in [0.05, 0.1) is 4.90 Å². The molecule has 5 nitrogen and oxygen atoms in total. The van der Waals surface area contributed by atoms with Gasteiger partial charge in [-0.05, 0) is 36.2 Å². The van der Waals surface area contributed by atoms with Crippen molar-refractivity contribution in [2.45, 2.75) is 18.2 Å². The third kappa shape index (κ3) is 4.25. The first kappa shape index (κ1) is 20.2. The Labute approximate surface area is 180 Å². The van der Waals surface area contributed by atoms with Crippen molar-refractivity contribution in [3.05, 3.63) is 101 Å². The Balaban J connectivity index is 1.78. The first-order chi connectivity index (χ1) is 14.4. The molecule has 0 amide bonds. The molecule has 0 aliphatic carbocycles. The van der Waals surface area contributed by atoms with E-state index in [2.05, 4.69) is 9.71 Å². The van der Waals surface area contributed by atoms with Crippen LogP contribution in [0.25, 0.3) is 11.3 Å². The van der Waals surface area contributed by atoms with Crippen molar-refractivity contribution in [3.63, 3.8) is 0 Å². The second-order valence-corrected chi connectivity index (χ2v) is 8.87. The molecule has 0 aliphatic rings. The predicted octanol–water partition coefficient (Wildman–Crippen LogP) is 5.70. The summed E-state index contributed by atoms with van der Waals surface area (Å²) in [7, 11) is -3.83. The van der Waals surface area contributed by atoms with E-state index in [0.717, 1.165) is 11.1 Å². The lowest BCUT2D eigenvalue weighted by Gasteiger charge is -2.09. The average Bonchev–Trinajstić information content (AvgIpc) is 3.12. The molecule has 0 spiro atoms. The number of nitrogens with zero attached hydrogens (tertiary/aromatic N) is 1. The number of benzene rings is 3. The number of hydrogen-bond donors (Lipinski definition) is 1. The van der Waals surface area contributed by atoms with Crippen LogP contribution in [0.15, 0.2) is 88.2 Å². The van der Waals surface area contributed by atoms with Crippen LogP contribution in [0.3, 0.4) is 0 Å². The zero-order chi connectivity index (χ0) is 21.1. The highest BCUT2D eigenvalue weighted by atomic mass is 35.5. The number of hydrogen-bond acceptors (Lipinski definition) is 4. The molecule has 30 heavy (non-hydrogen) atoms. The van der Waals surface area contributed by atoms with Gasteiger partial charge >= 0.3 is 0 Å². The summed E-state index contributed by atoms with van der Waals surface area (Å²) < 4.78 is 34.4. The molecule has 1 N–H and O–H groups in total. The summed E-state index contributed by atoms with van der Waals surface area (Å²) in [5.74, 6) is 0.872. The molecule has 7 heteroatoms. The number of rotatable bonds is 6. The smallest absolute Gasteiger partial charge is 0.263 e. The second-order valence-electron chi connectivity index (χ2n) is 6.78. The first-order valence-electron chi connectivity index (χ1n) is 9.31. The number of aromatic nitrogens is 1. The zero-order valence-corrected chi connectivity index (χ0v) is 17.7. The molecule has 0 bridgehead atoms. The van der Waals surface area contributed by atoms with Crippen molar-refractivity contribution in [1.82, 2.24) is 4.98 Å². The van der Waals surface area contributed by atoms with Gasteiger partial charge in [-0.1, -0.05) is 72.3 Å². The third-order valence-corrected chi connectivity index (χ3v) is 6.43. The van der Waals surface area contributed by atoms with Crippen LogP contribution in [-0.4, -0.2) is 13.4 Å².